The fourth-order valence-corrected chi connectivity index (χ4v) is 4.17. The molecule has 0 bridgehead atoms. The Hall–Kier alpha value is -2.57. The highest BCUT2D eigenvalue weighted by atomic mass is 16.5. The van der Waals surface area contributed by atoms with Gasteiger partial charge >= 0.3 is 0 Å². The molecule has 0 saturated carbocycles. The summed E-state index contributed by atoms with van der Waals surface area (Å²) in [6.07, 6.45) is 2.07. The lowest BCUT2D eigenvalue weighted by molar-refractivity contribution is -0.123. The number of piperazine rings is 1. The fraction of sp³-hybridized carbons (Fsp3) is 0.458. The van der Waals surface area contributed by atoms with Crippen LogP contribution in [0.3, 0.4) is 0 Å². The van der Waals surface area contributed by atoms with Gasteiger partial charge in [-0.05, 0) is 36.1 Å². The Morgan fingerprint density at radius 1 is 1.03 bits per heavy atom. The van der Waals surface area contributed by atoms with Crippen LogP contribution in [0.5, 0.6) is 5.75 Å². The van der Waals surface area contributed by atoms with Crippen molar-refractivity contribution < 1.29 is 9.53 Å². The minimum absolute atomic E-state index is 0.0576. The van der Waals surface area contributed by atoms with E-state index in [1.54, 1.807) is 0 Å². The molecule has 1 saturated heterocycles. The molecule has 0 atom stereocenters. The lowest BCUT2D eigenvalue weighted by Crippen LogP contribution is -2.43. The highest BCUT2D eigenvalue weighted by Crippen LogP contribution is 2.21. The zero-order valence-corrected chi connectivity index (χ0v) is 17.6. The first-order valence-corrected chi connectivity index (χ1v) is 11.0. The van der Waals surface area contributed by atoms with Crippen LogP contribution in [0, 0.1) is 0 Å². The average Bonchev–Trinajstić information content (AvgIpc) is 2.81. The molecule has 4 rings (SSSR count). The third kappa shape index (κ3) is 5.74. The Labute approximate surface area is 179 Å². The van der Waals surface area contributed by atoms with Gasteiger partial charge in [-0.2, -0.15) is 0 Å². The third-order valence-electron chi connectivity index (χ3n) is 5.85. The van der Waals surface area contributed by atoms with Gasteiger partial charge in [0, 0.05) is 64.1 Å². The second-order valence-electron chi connectivity index (χ2n) is 8.02. The second kappa shape index (κ2) is 10.5. The van der Waals surface area contributed by atoms with Gasteiger partial charge in [0.1, 0.15) is 5.75 Å². The van der Waals surface area contributed by atoms with E-state index < -0.39 is 0 Å². The minimum atomic E-state index is -0.0634. The quantitative estimate of drug-likeness (QED) is 0.655. The number of carbonyl (C=O) groups is 1. The molecule has 2 aromatic rings. The van der Waals surface area contributed by atoms with Crippen LogP contribution in [0.1, 0.15) is 17.5 Å². The second-order valence-corrected chi connectivity index (χ2v) is 8.02. The van der Waals surface area contributed by atoms with Crippen LogP contribution in [0.25, 0.3) is 0 Å². The number of anilines is 1. The van der Waals surface area contributed by atoms with Crippen molar-refractivity contribution in [3.63, 3.8) is 0 Å². The van der Waals surface area contributed by atoms with E-state index in [0.717, 1.165) is 70.1 Å². The summed E-state index contributed by atoms with van der Waals surface area (Å²) in [5.41, 5.74) is 4.06. The molecule has 2 aliphatic rings. The lowest BCUT2D eigenvalue weighted by Gasteiger charge is -2.29. The van der Waals surface area contributed by atoms with Gasteiger partial charge in [0.05, 0.1) is 0 Å². The minimum Gasteiger partial charge on any atom is -0.484 e. The van der Waals surface area contributed by atoms with Crippen molar-refractivity contribution in [2.24, 2.45) is 0 Å². The van der Waals surface area contributed by atoms with Crippen LogP contribution in [0.4, 0.5) is 5.69 Å². The van der Waals surface area contributed by atoms with Crippen molar-refractivity contribution in [3.8, 4) is 5.75 Å². The Bertz CT molecular complexity index is 835. The number of fused-ring (bicyclic) bond motifs is 1. The van der Waals surface area contributed by atoms with Crippen molar-refractivity contribution in [2.75, 3.05) is 57.3 Å². The number of amides is 1. The smallest absolute Gasteiger partial charge is 0.257 e. The van der Waals surface area contributed by atoms with Crippen LogP contribution in [0.2, 0.25) is 0 Å². The molecule has 0 radical (unpaired) electrons. The van der Waals surface area contributed by atoms with Gasteiger partial charge in [-0.1, -0.05) is 30.3 Å². The summed E-state index contributed by atoms with van der Waals surface area (Å²) in [4.78, 5) is 16.9. The highest BCUT2D eigenvalue weighted by molar-refractivity contribution is 5.77. The fourth-order valence-electron chi connectivity index (χ4n) is 4.17. The molecular formula is C24H32N4O2. The molecular weight excluding hydrogens is 376 g/mol. The monoisotopic (exact) mass is 408 g/mol. The van der Waals surface area contributed by atoms with Crippen LogP contribution in [-0.2, 0) is 17.8 Å². The van der Waals surface area contributed by atoms with Gasteiger partial charge < -0.3 is 20.3 Å². The van der Waals surface area contributed by atoms with Gasteiger partial charge in [0.15, 0.2) is 6.61 Å². The molecule has 0 unspecified atom stereocenters. The molecule has 2 aliphatic heterocycles. The van der Waals surface area contributed by atoms with E-state index in [4.69, 9.17) is 4.74 Å². The maximum absolute atomic E-state index is 12.1. The van der Waals surface area contributed by atoms with Crippen molar-refractivity contribution in [3.05, 3.63) is 59.7 Å². The van der Waals surface area contributed by atoms with Crippen molar-refractivity contribution in [2.45, 2.75) is 19.4 Å². The topological polar surface area (TPSA) is 56.8 Å². The van der Waals surface area contributed by atoms with Gasteiger partial charge in [0.25, 0.3) is 5.91 Å². The molecule has 1 fully saturated rings. The predicted molar refractivity (Wildman–Crippen MR) is 120 cm³/mol. The molecule has 6 nitrogen and oxygen atoms in total. The van der Waals surface area contributed by atoms with Crippen LogP contribution in [0.15, 0.2) is 48.5 Å². The van der Waals surface area contributed by atoms with E-state index in [1.165, 1.54) is 11.1 Å². The van der Waals surface area contributed by atoms with Gasteiger partial charge in [-0.15, -0.1) is 0 Å². The Morgan fingerprint density at radius 2 is 1.87 bits per heavy atom. The molecule has 2 heterocycles. The summed E-state index contributed by atoms with van der Waals surface area (Å²) < 4.78 is 5.72. The Kier molecular flexibility index (Phi) is 7.21. The molecule has 6 heteroatoms. The summed E-state index contributed by atoms with van der Waals surface area (Å²) in [5, 5.41) is 6.34. The van der Waals surface area contributed by atoms with Crippen molar-refractivity contribution in [1.82, 2.24) is 15.5 Å². The number of hydrogen-bond donors (Lipinski definition) is 2. The maximum atomic E-state index is 12.1. The summed E-state index contributed by atoms with van der Waals surface area (Å²) in [5.74, 6) is 0.680. The first-order valence-electron chi connectivity index (χ1n) is 11.0. The highest BCUT2D eigenvalue weighted by Gasteiger charge is 2.15. The number of hydrogen-bond acceptors (Lipinski definition) is 5. The van der Waals surface area contributed by atoms with Gasteiger partial charge in [0.2, 0.25) is 0 Å². The molecule has 0 aromatic heterocycles. The summed E-state index contributed by atoms with van der Waals surface area (Å²) >= 11 is 0. The number of nitrogens with one attached hydrogen (secondary N) is 2. The normalized spacial score (nSPS) is 16.7. The average molecular weight is 409 g/mol. The van der Waals surface area contributed by atoms with E-state index in [9.17, 15) is 4.79 Å². The molecule has 0 aliphatic carbocycles. The van der Waals surface area contributed by atoms with Gasteiger partial charge in [-0.25, -0.2) is 0 Å². The number of carbonyl (C=O) groups excluding carboxylic acids is 1. The number of nitrogens with zero attached hydrogens (tertiary/aromatic N) is 2. The predicted octanol–water partition coefficient (Wildman–Crippen LogP) is 2.04. The number of ether oxygens (including phenoxy) is 1. The van der Waals surface area contributed by atoms with Crippen molar-refractivity contribution in [1.29, 1.82) is 0 Å². The molecule has 2 N–H and O–H groups in total. The van der Waals surface area contributed by atoms with Crippen LogP contribution in [-0.4, -0.2) is 63.2 Å². The Balaban J connectivity index is 1.14. The largest absolute Gasteiger partial charge is 0.484 e. The number of benzene rings is 2. The first kappa shape index (κ1) is 20.7. The Morgan fingerprint density at radius 3 is 2.73 bits per heavy atom. The molecule has 0 spiro atoms. The van der Waals surface area contributed by atoms with Crippen LogP contribution < -0.4 is 20.3 Å². The van der Waals surface area contributed by atoms with E-state index >= 15 is 0 Å². The van der Waals surface area contributed by atoms with E-state index in [0.29, 0.717) is 6.54 Å². The molecule has 2 aromatic carbocycles. The lowest BCUT2D eigenvalue weighted by atomic mass is 10.00. The first-order chi connectivity index (χ1) is 14.8. The van der Waals surface area contributed by atoms with Crippen LogP contribution >= 0.6 is 0 Å². The molecule has 30 heavy (non-hydrogen) atoms. The maximum Gasteiger partial charge on any atom is 0.257 e. The third-order valence-corrected chi connectivity index (χ3v) is 5.85. The summed E-state index contributed by atoms with van der Waals surface area (Å²) in [7, 11) is 0. The van der Waals surface area contributed by atoms with E-state index in [2.05, 4.69) is 50.8 Å². The van der Waals surface area contributed by atoms with E-state index in [1.807, 2.05) is 18.2 Å². The zero-order chi connectivity index (χ0) is 20.6. The van der Waals surface area contributed by atoms with Gasteiger partial charge in [-0.3, -0.25) is 9.69 Å². The van der Waals surface area contributed by atoms with Crippen molar-refractivity contribution >= 4 is 11.6 Å². The molecule has 1 amide bonds. The number of rotatable bonds is 8. The van der Waals surface area contributed by atoms with E-state index in [-0.39, 0.29) is 12.5 Å². The molecule has 160 valence electrons. The zero-order valence-electron chi connectivity index (χ0n) is 17.6. The SMILES string of the molecule is O=C(COc1cccc(N2CCNCC2)c1)NCCCN1CCc2ccccc2C1. The standard InChI is InChI=1S/C24H32N4O2/c29-24(19-30-23-8-3-7-22(17-23)28-15-11-25-12-16-28)26-10-4-13-27-14-9-20-5-1-2-6-21(20)18-27/h1-3,5-8,17,25H,4,9-16,18-19H2,(H,26,29). The summed E-state index contributed by atoms with van der Waals surface area (Å²) in [6.45, 7) is 7.83. The summed E-state index contributed by atoms with van der Waals surface area (Å²) in [6, 6.07) is 16.7.